The van der Waals surface area contributed by atoms with Crippen molar-refractivity contribution in [2.45, 2.75) is 32.7 Å². The Balaban J connectivity index is 2.94. The molecule has 1 aromatic carbocycles. The maximum atomic E-state index is 12.1. The first-order chi connectivity index (χ1) is 7.91. The Hall–Kier alpha value is -0.870. The molecule has 2 N–H and O–H groups in total. The van der Waals surface area contributed by atoms with E-state index in [1.54, 1.807) is 0 Å². The SMILES string of the molecule is CCC(C)(CO)NC(=O)c1cc(C)ccc1Br. The molecule has 1 unspecified atom stereocenters. The van der Waals surface area contributed by atoms with Gasteiger partial charge in [-0.05, 0) is 48.3 Å². The van der Waals surface area contributed by atoms with Gasteiger partial charge in [-0.15, -0.1) is 0 Å². The van der Waals surface area contributed by atoms with Crippen molar-refractivity contribution in [1.82, 2.24) is 5.32 Å². The molecule has 0 saturated heterocycles. The normalized spacial score (nSPS) is 14.2. The lowest BCUT2D eigenvalue weighted by atomic mass is 9.99. The second-order valence-electron chi connectivity index (χ2n) is 4.51. The minimum absolute atomic E-state index is 0.0708. The van der Waals surface area contributed by atoms with Crippen LogP contribution in [-0.4, -0.2) is 23.2 Å². The number of hydrogen-bond acceptors (Lipinski definition) is 2. The van der Waals surface area contributed by atoms with E-state index in [4.69, 9.17) is 0 Å². The van der Waals surface area contributed by atoms with Gasteiger partial charge in [0.25, 0.3) is 5.91 Å². The minimum Gasteiger partial charge on any atom is -0.394 e. The van der Waals surface area contributed by atoms with Crippen LogP contribution in [0.25, 0.3) is 0 Å². The number of hydrogen-bond donors (Lipinski definition) is 2. The maximum Gasteiger partial charge on any atom is 0.252 e. The lowest BCUT2D eigenvalue weighted by Gasteiger charge is -2.27. The van der Waals surface area contributed by atoms with E-state index in [0.29, 0.717) is 12.0 Å². The third-order valence-corrected chi connectivity index (χ3v) is 3.60. The van der Waals surface area contributed by atoms with E-state index in [1.807, 2.05) is 39.0 Å². The highest BCUT2D eigenvalue weighted by molar-refractivity contribution is 9.10. The zero-order chi connectivity index (χ0) is 13.1. The number of benzene rings is 1. The summed E-state index contributed by atoms with van der Waals surface area (Å²) in [5, 5.41) is 12.1. The Bertz CT molecular complexity index is 414. The predicted octanol–water partition coefficient (Wildman–Crippen LogP) is 2.65. The highest BCUT2D eigenvalue weighted by atomic mass is 79.9. The predicted molar refractivity (Wildman–Crippen MR) is 72.1 cm³/mol. The van der Waals surface area contributed by atoms with Gasteiger partial charge in [0.1, 0.15) is 0 Å². The van der Waals surface area contributed by atoms with Crippen molar-refractivity contribution in [2.75, 3.05) is 6.61 Å². The number of carbonyl (C=O) groups is 1. The van der Waals surface area contributed by atoms with Crippen molar-refractivity contribution in [1.29, 1.82) is 0 Å². The summed E-state index contributed by atoms with van der Waals surface area (Å²) in [4.78, 5) is 12.1. The highest BCUT2D eigenvalue weighted by Gasteiger charge is 2.24. The molecule has 0 heterocycles. The van der Waals surface area contributed by atoms with Crippen LogP contribution in [0.1, 0.15) is 36.2 Å². The van der Waals surface area contributed by atoms with Crippen molar-refractivity contribution < 1.29 is 9.90 Å². The number of rotatable bonds is 4. The Morgan fingerprint density at radius 1 is 1.53 bits per heavy atom. The van der Waals surface area contributed by atoms with Crippen molar-refractivity contribution in [2.24, 2.45) is 0 Å². The van der Waals surface area contributed by atoms with Gasteiger partial charge in [-0.2, -0.15) is 0 Å². The Labute approximate surface area is 110 Å². The Morgan fingerprint density at radius 2 is 2.18 bits per heavy atom. The molecule has 3 nitrogen and oxygen atoms in total. The van der Waals surface area contributed by atoms with Crippen LogP contribution in [0.4, 0.5) is 0 Å². The topological polar surface area (TPSA) is 49.3 Å². The fourth-order valence-electron chi connectivity index (χ4n) is 1.39. The molecule has 4 heteroatoms. The average molecular weight is 300 g/mol. The first-order valence-electron chi connectivity index (χ1n) is 5.61. The van der Waals surface area contributed by atoms with Crippen LogP contribution >= 0.6 is 15.9 Å². The molecule has 17 heavy (non-hydrogen) atoms. The van der Waals surface area contributed by atoms with E-state index >= 15 is 0 Å². The molecule has 0 aliphatic heterocycles. The number of amides is 1. The van der Waals surface area contributed by atoms with Gasteiger partial charge < -0.3 is 10.4 Å². The maximum absolute atomic E-state index is 12.1. The molecular formula is C13H18BrNO2. The number of nitrogens with one attached hydrogen (secondary N) is 1. The number of carbonyl (C=O) groups excluding carboxylic acids is 1. The Kier molecular flexibility index (Phi) is 4.71. The van der Waals surface area contributed by atoms with Gasteiger partial charge in [-0.1, -0.05) is 18.6 Å². The van der Waals surface area contributed by atoms with Gasteiger partial charge in [0.15, 0.2) is 0 Å². The summed E-state index contributed by atoms with van der Waals surface area (Å²) in [6.45, 7) is 5.63. The van der Waals surface area contributed by atoms with Gasteiger partial charge in [0.05, 0.1) is 17.7 Å². The van der Waals surface area contributed by atoms with Gasteiger partial charge in [0.2, 0.25) is 0 Å². The number of halogens is 1. The average Bonchev–Trinajstić information content (AvgIpc) is 2.32. The molecule has 0 fully saturated rings. The first kappa shape index (κ1) is 14.2. The molecule has 0 aliphatic carbocycles. The molecule has 0 aromatic heterocycles. The summed E-state index contributed by atoms with van der Waals surface area (Å²) in [5.41, 5.74) is 1.05. The number of aliphatic hydroxyl groups excluding tert-OH is 1. The molecule has 0 saturated carbocycles. The summed E-state index contributed by atoms with van der Waals surface area (Å²) in [6, 6.07) is 5.62. The molecule has 0 aliphatic rings. The van der Waals surface area contributed by atoms with E-state index in [1.165, 1.54) is 0 Å². The van der Waals surface area contributed by atoms with Crippen LogP contribution in [0.2, 0.25) is 0 Å². The van der Waals surface area contributed by atoms with Gasteiger partial charge in [-0.3, -0.25) is 4.79 Å². The summed E-state index contributed by atoms with van der Waals surface area (Å²) >= 11 is 3.36. The molecule has 1 rings (SSSR count). The van der Waals surface area contributed by atoms with E-state index in [-0.39, 0.29) is 12.5 Å². The lowest BCUT2D eigenvalue weighted by Crippen LogP contribution is -2.48. The molecule has 1 aromatic rings. The van der Waals surface area contributed by atoms with Crippen LogP contribution in [0.15, 0.2) is 22.7 Å². The quantitative estimate of drug-likeness (QED) is 0.898. The lowest BCUT2D eigenvalue weighted by molar-refractivity contribution is 0.0846. The van der Waals surface area contributed by atoms with E-state index in [9.17, 15) is 9.90 Å². The standard InChI is InChI=1S/C13H18BrNO2/c1-4-13(3,8-16)15-12(17)10-7-9(2)5-6-11(10)14/h5-7,16H,4,8H2,1-3H3,(H,15,17). The fraction of sp³-hybridized carbons (Fsp3) is 0.462. The summed E-state index contributed by atoms with van der Waals surface area (Å²) in [6.07, 6.45) is 0.679. The summed E-state index contributed by atoms with van der Waals surface area (Å²) in [5.74, 6) is -0.168. The number of aryl methyl sites for hydroxylation is 1. The minimum atomic E-state index is -0.569. The number of aliphatic hydroxyl groups is 1. The Morgan fingerprint density at radius 3 is 2.71 bits per heavy atom. The zero-order valence-corrected chi connectivity index (χ0v) is 12.0. The second kappa shape index (κ2) is 5.65. The molecule has 0 spiro atoms. The second-order valence-corrected chi connectivity index (χ2v) is 5.36. The highest BCUT2D eigenvalue weighted by Crippen LogP contribution is 2.19. The molecule has 1 amide bonds. The van der Waals surface area contributed by atoms with E-state index in [0.717, 1.165) is 10.0 Å². The third kappa shape index (κ3) is 3.54. The smallest absolute Gasteiger partial charge is 0.252 e. The van der Waals surface area contributed by atoms with Crippen molar-refractivity contribution >= 4 is 21.8 Å². The fourth-order valence-corrected chi connectivity index (χ4v) is 1.82. The van der Waals surface area contributed by atoms with Crippen LogP contribution < -0.4 is 5.32 Å². The van der Waals surface area contributed by atoms with Gasteiger partial charge in [0, 0.05) is 4.47 Å². The monoisotopic (exact) mass is 299 g/mol. The van der Waals surface area contributed by atoms with Crippen LogP contribution in [-0.2, 0) is 0 Å². The summed E-state index contributed by atoms with van der Waals surface area (Å²) < 4.78 is 0.761. The zero-order valence-electron chi connectivity index (χ0n) is 10.4. The molecule has 0 bridgehead atoms. The van der Waals surface area contributed by atoms with Crippen molar-refractivity contribution in [3.8, 4) is 0 Å². The largest absolute Gasteiger partial charge is 0.394 e. The first-order valence-corrected chi connectivity index (χ1v) is 6.40. The third-order valence-electron chi connectivity index (χ3n) is 2.91. The van der Waals surface area contributed by atoms with Crippen molar-refractivity contribution in [3.05, 3.63) is 33.8 Å². The van der Waals surface area contributed by atoms with Crippen LogP contribution in [0.5, 0.6) is 0 Å². The van der Waals surface area contributed by atoms with Crippen LogP contribution in [0, 0.1) is 6.92 Å². The van der Waals surface area contributed by atoms with E-state index < -0.39 is 5.54 Å². The van der Waals surface area contributed by atoms with Gasteiger partial charge >= 0.3 is 0 Å². The molecule has 94 valence electrons. The summed E-state index contributed by atoms with van der Waals surface area (Å²) in [7, 11) is 0. The molecule has 1 atom stereocenters. The molecular weight excluding hydrogens is 282 g/mol. The van der Waals surface area contributed by atoms with Crippen molar-refractivity contribution in [3.63, 3.8) is 0 Å². The molecule has 0 radical (unpaired) electrons. The van der Waals surface area contributed by atoms with E-state index in [2.05, 4.69) is 21.2 Å². The van der Waals surface area contributed by atoms with Crippen LogP contribution in [0.3, 0.4) is 0 Å². The van der Waals surface area contributed by atoms with Gasteiger partial charge in [-0.25, -0.2) is 0 Å².